The van der Waals surface area contributed by atoms with Gasteiger partial charge in [0.05, 0.1) is 0 Å². The number of nitrogens with zero attached hydrogens (tertiary/aromatic N) is 3. The van der Waals surface area contributed by atoms with Crippen LogP contribution in [0, 0.1) is 0 Å². The van der Waals surface area contributed by atoms with Crippen molar-refractivity contribution < 1.29 is 0 Å². The molecule has 108 valence electrons. The van der Waals surface area contributed by atoms with Crippen LogP contribution in [0.4, 0.5) is 5.82 Å². The van der Waals surface area contributed by atoms with Crippen molar-refractivity contribution in [3.05, 3.63) is 23.9 Å². The molecule has 0 amide bonds. The molecule has 0 saturated heterocycles. The highest BCUT2D eigenvalue weighted by atomic mass is 79.9. The molecule has 3 nitrogen and oxygen atoms in total. The molecule has 0 aromatic carbocycles. The lowest BCUT2D eigenvalue weighted by Crippen LogP contribution is -2.30. The summed E-state index contributed by atoms with van der Waals surface area (Å²) in [5.41, 5.74) is 1.22. The molecule has 0 atom stereocenters. The van der Waals surface area contributed by atoms with Gasteiger partial charge in [0.2, 0.25) is 0 Å². The Morgan fingerprint density at radius 2 is 1.79 bits per heavy atom. The Bertz CT molecular complexity index is 336. The van der Waals surface area contributed by atoms with Crippen LogP contribution >= 0.6 is 15.9 Å². The molecule has 0 bridgehead atoms. The zero-order valence-electron chi connectivity index (χ0n) is 12.4. The molecule has 0 radical (unpaired) electrons. The van der Waals surface area contributed by atoms with E-state index in [1.807, 2.05) is 6.20 Å². The number of aromatic nitrogens is 1. The number of hydrogen-bond donors (Lipinski definition) is 0. The van der Waals surface area contributed by atoms with Crippen molar-refractivity contribution >= 4 is 21.7 Å². The second kappa shape index (κ2) is 9.32. The van der Waals surface area contributed by atoms with Gasteiger partial charge in [-0.2, -0.15) is 0 Å². The van der Waals surface area contributed by atoms with Crippen LogP contribution in [-0.2, 0) is 5.33 Å². The van der Waals surface area contributed by atoms with Gasteiger partial charge < -0.3 is 9.80 Å². The molecule has 1 rings (SSSR count). The molecule has 0 unspecified atom stereocenters. The van der Waals surface area contributed by atoms with Gasteiger partial charge in [0.25, 0.3) is 0 Å². The predicted octanol–water partition coefficient (Wildman–Crippen LogP) is 3.53. The third-order valence-electron chi connectivity index (χ3n) is 3.47. The van der Waals surface area contributed by atoms with E-state index < -0.39 is 0 Å². The molecule has 0 saturated carbocycles. The van der Waals surface area contributed by atoms with Crippen molar-refractivity contribution in [2.45, 2.75) is 32.5 Å². The standard InChI is InChI=1S/C15H26BrN3/c1-4-18(5-2)10-7-11-19(6-3)15-9-8-14(12-16)13-17-15/h8-9,13H,4-7,10-12H2,1-3H3. The van der Waals surface area contributed by atoms with Crippen molar-refractivity contribution in [3.8, 4) is 0 Å². The van der Waals surface area contributed by atoms with Gasteiger partial charge in [-0.15, -0.1) is 0 Å². The molecule has 1 aromatic heterocycles. The van der Waals surface area contributed by atoms with E-state index in [0.717, 1.165) is 37.3 Å². The molecule has 0 N–H and O–H groups in total. The Morgan fingerprint density at radius 3 is 2.26 bits per heavy atom. The summed E-state index contributed by atoms with van der Waals surface area (Å²) in [6.45, 7) is 12.2. The maximum absolute atomic E-state index is 4.54. The number of anilines is 1. The van der Waals surface area contributed by atoms with E-state index in [2.05, 4.69) is 63.6 Å². The van der Waals surface area contributed by atoms with Crippen LogP contribution < -0.4 is 4.90 Å². The summed E-state index contributed by atoms with van der Waals surface area (Å²) in [4.78, 5) is 9.36. The molecule has 1 heterocycles. The first kappa shape index (κ1) is 16.4. The maximum Gasteiger partial charge on any atom is 0.128 e. The maximum atomic E-state index is 4.54. The van der Waals surface area contributed by atoms with Crippen LogP contribution in [0.25, 0.3) is 0 Å². The SMILES string of the molecule is CCN(CC)CCCN(CC)c1ccc(CBr)cn1. The van der Waals surface area contributed by atoms with Gasteiger partial charge in [-0.25, -0.2) is 4.98 Å². The van der Waals surface area contributed by atoms with Crippen LogP contribution in [-0.4, -0.2) is 42.6 Å². The average molecular weight is 328 g/mol. The third kappa shape index (κ3) is 5.49. The monoisotopic (exact) mass is 327 g/mol. The van der Waals surface area contributed by atoms with Crippen LogP contribution in [0.2, 0.25) is 0 Å². The van der Waals surface area contributed by atoms with Gasteiger partial charge in [-0.3, -0.25) is 0 Å². The van der Waals surface area contributed by atoms with E-state index in [4.69, 9.17) is 0 Å². The number of rotatable bonds is 9. The second-order valence-corrected chi connectivity index (χ2v) is 5.18. The molecular weight excluding hydrogens is 302 g/mol. The summed E-state index contributed by atoms with van der Waals surface area (Å²) < 4.78 is 0. The fourth-order valence-corrected chi connectivity index (χ4v) is 2.47. The fourth-order valence-electron chi connectivity index (χ4n) is 2.14. The Hall–Kier alpha value is -0.610. The minimum Gasteiger partial charge on any atom is -0.357 e. The van der Waals surface area contributed by atoms with E-state index in [1.165, 1.54) is 18.5 Å². The molecule has 0 aliphatic heterocycles. The highest BCUT2D eigenvalue weighted by Crippen LogP contribution is 2.13. The largest absolute Gasteiger partial charge is 0.357 e. The van der Waals surface area contributed by atoms with E-state index in [-0.39, 0.29) is 0 Å². The van der Waals surface area contributed by atoms with Gasteiger partial charge in [0.1, 0.15) is 5.82 Å². The van der Waals surface area contributed by atoms with Crippen LogP contribution in [0.3, 0.4) is 0 Å². The quantitative estimate of drug-likeness (QED) is 0.647. The molecule has 0 aliphatic carbocycles. The smallest absolute Gasteiger partial charge is 0.128 e. The van der Waals surface area contributed by atoms with Gasteiger partial charge >= 0.3 is 0 Å². The fraction of sp³-hybridized carbons (Fsp3) is 0.667. The van der Waals surface area contributed by atoms with E-state index in [9.17, 15) is 0 Å². The molecular formula is C15H26BrN3. The number of halogens is 1. The summed E-state index contributed by atoms with van der Waals surface area (Å²) in [7, 11) is 0. The highest BCUT2D eigenvalue weighted by molar-refractivity contribution is 9.08. The van der Waals surface area contributed by atoms with Crippen molar-refractivity contribution in [2.24, 2.45) is 0 Å². The zero-order valence-corrected chi connectivity index (χ0v) is 14.0. The second-order valence-electron chi connectivity index (χ2n) is 4.62. The number of pyridine rings is 1. The first-order chi connectivity index (χ1) is 9.24. The van der Waals surface area contributed by atoms with Crippen LogP contribution in [0.1, 0.15) is 32.8 Å². The van der Waals surface area contributed by atoms with E-state index in [0.29, 0.717) is 0 Å². The summed E-state index contributed by atoms with van der Waals surface area (Å²) in [6, 6.07) is 4.27. The Kier molecular flexibility index (Phi) is 8.07. The van der Waals surface area contributed by atoms with Gasteiger partial charge in [-0.05, 0) is 44.6 Å². The first-order valence-corrected chi connectivity index (χ1v) is 8.35. The Balaban J connectivity index is 2.48. The molecule has 0 fully saturated rings. The lowest BCUT2D eigenvalue weighted by atomic mass is 10.3. The minimum absolute atomic E-state index is 0.869. The van der Waals surface area contributed by atoms with Crippen LogP contribution in [0.5, 0.6) is 0 Å². The normalized spacial score (nSPS) is 11.0. The molecule has 19 heavy (non-hydrogen) atoms. The van der Waals surface area contributed by atoms with Gasteiger partial charge in [0.15, 0.2) is 0 Å². The lowest BCUT2D eigenvalue weighted by Gasteiger charge is -2.24. The summed E-state index contributed by atoms with van der Waals surface area (Å²) in [5, 5.41) is 0.869. The number of alkyl halides is 1. The lowest BCUT2D eigenvalue weighted by molar-refractivity contribution is 0.300. The first-order valence-electron chi connectivity index (χ1n) is 7.23. The Morgan fingerprint density at radius 1 is 1.05 bits per heavy atom. The topological polar surface area (TPSA) is 19.4 Å². The van der Waals surface area contributed by atoms with Crippen molar-refractivity contribution in [2.75, 3.05) is 37.6 Å². The molecule has 1 aromatic rings. The third-order valence-corrected chi connectivity index (χ3v) is 4.11. The summed E-state index contributed by atoms with van der Waals surface area (Å²) in [5.74, 6) is 1.09. The number of hydrogen-bond acceptors (Lipinski definition) is 3. The van der Waals surface area contributed by atoms with Gasteiger partial charge in [-0.1, -0.05) is 35.8 Å². The summed E-state index contributed by atoms with van der Waals surface area (Å²) in [6.07, 6.45) is 3.15. The van der Waals surface area contributed by atoms with Crippen molar-refractivity contribution in [1.29, 1.82) is 0 Å². The average Bonchev–Trinajstić information content (AvgIpc) is 2.48. The Labute approximate surface area is 126 Å². The minimum atomic E-state index is 0.869. The summed E-state index contributed by atoms with van der Waals surface area (Å²) >= 11 is 3.45. The predicted molar refractivity (Wildman–Crippen MR) is 87.2 cm³/mol. The zero-order chi connectivity index (χ0) is 14.1. The molecule has 0 spiro atoms. The van der Waals surface area contributed by atoms with E-state index >= 15 is 0 Å². The molecule has 4 heteroatoms. The van der Waals surface area contributed by atoms with Crippen molar-refractivity contribution in [1.82, 2.24) is 9.88 Å². The molecule has 0 aliphatic rings. The van der Waals surface area contributed by atoms with Gasteiger partial charge in [0, 0.05) is 24.6 Å². The highest BCUT2D eigenvalue weighted by Gasteiger charge is 2.06. The van der Waals surface area contributed by atoms with Crippen molar-refractivity contribution in [3.63, 3.8) is 0 Å². The van der Waals surface area contributed by atoms with Crippen LogP contribution in [0.15, 0.2) is 18.3 Å². The van der Waals surface area contributed by atoms with E-state index in [1.54, 1.807) is 0 Å².